The SMILES string of the molecule is CCCCC/C=C\C/C=C\C/C=C\C/C=C\CCCC(=O)c1c(C)c(=O)oc2ccccc12. The third-order valence-electron chi connectivity index (χ3n) is 5.55. The molecule has 0 aliphatic rings. The number of unbranched alkanes of at least 4 members (excludes halogenated alkanes) is 4. The van der Waals surface area contributed by atoms with Crippen LogP contribution in [0.2, 0.25) is 0 Å². The summed E-state index contributed by atoms with van der Waals surface area (Å²) in [6.45, 7) is 3.90. The second kappa shape index (κ2) is 15.8. The van der Waals surface area contributed by atoms with E-state index in [0.29, 0.717) is 23.1 Å². The second-order valence-corrected chi connectivity index (χ2v) is 8.29. The fourth-order valence-corrected chi connectivity index (χ4v) is 3.67. The summed E-state index contributed by atoms with van der Waals surface area (Å²) < 4.78 is 5.29. The van der Waals surface area contributed by atoms with Gasteiger partial charge in [-0.3, -0.25) is 4.79 Å². The van der Waals surface area contributed by atoms with E-state index in [9.17, 15) is 9.59 Å². The molecule has 0 saturated carbocycles. The Balaban J connectivity index is 1.64. The number of benzene rings is 1. The first-order valence-electron chi connectivity index (χ1n) is 12.3. The Morgan fingerprint density at radius 2 is 1.39 bits per heavy atom. The summed E-state index contributed by atoms with van der Waals surface area (Å²) in [4.78, 5) is 24.8. The highest BCUT2D eigenvalue weighted by Gasteiger charge is 2.16. The van der Waals surface area contributed by atoms with Crippen LogP contribution in [0, 0.1) is 6.92 Å². The van der Waals surface area contributed by atoms with E-state index in [1.165, 1.54) is 25.7 Å². The van der Waals surface area contributed by atoms with Gasteiger partial charge in [0.05, 0.1) is 0 Å². The number of carbonyl (C=O) groups is 1. The van der Waals surface area contributed by atoms with Crippen molar-refractivity contribution in [1.29, 1.82) is 0 Å². The topological polar surface area (TPSA) is 47.3 Å². The Morgan fingerprint density at radius 1 is 0.818 bits per heavy atom. The van der Waals surface area contributed by atoms with E-state index < -0.39 is 5.63 Å². The predicted molar refractivity (Wildman–Crippen MR) is 140 cm³/mol. The summed E-state index contributed by atoms with van der Waals surface area (Å²) in [7, 11) is 0. The number of fused-ring (bicyclic) bond motifs is 1. The number of ketones is 1. The zero-order chi connectivity index (χ0) is 23.7. The summed E-state index contributed by atoms with van der Waals surface area (Å²) in [6.07, 6.45) is 27.6. The van der Waals surface area contributed by atoms with E-state index in [1.54, 1.807) is 19.1 Å². The minimum absolute atomic E-state index is 0.00693. The Hall–Kier alpha value is -2.94. The van der Waals surface area contributed by atoms with Gasteiger partial charge in [-0.1, -0.05) is 86.6 Å². The molecule has 0 amide bonds. The van der Waals surface area contributed by atoms with Crippen molar-refractivity contribution in [3.8, 4) is 0 Å². The maximum atomic E-state index is 12.8. The first kappa shape index (κ1) is 26.3. The lowest BCUT2D eigenvalue weighted by atomic mass is 9.98. The Morgan fingerprint density at radius 3 is 2.03 bits per heavy atom. The maximum Gasteiger partial charge on any atom is 0.339 e. The molecule has 0 spiro atoms. The molecular formula is C30H38O3. The first-order chi connectivity index (χ1) is 16.1. The molecule has 2 rings (SSSR count). The van der Waals surface area contributed by atoms with Gasteiger partial charge in [0.1, 0.15) is 5.58 Å². The van der Waals surface area contributed by atoms with Gasteiger partial charge in [0.25, 0.3) is 0 Å². The van der Waals surface area contributed by atoms with E-state index in [0.717, 1.165) is 37.5 Å². The molecule has 1 heterocycles. The molecule has 2 aromatic rings. The summed E-state index contributed by atoms with van der Waals surface area (Å²) >= 11 is 0. The summed E-state index contributed by atoms with van der Waals surface area (Å²) in [5.41, 5.74) is 0.944. The largest absolute Gasteiger partial charge is 0.422 e. The van der Waals surface area contributed by atoms with E-state index in [4.69, 9.17) is 4.42 Å². The van der Waals surface area contributed by atoms with Gasteiger partial charge in [0, 0.05) is 22.9 Å². The van der Waals surface area contributed by atoms with Gasteiger partial charge in [0.15, 0.2) is 5.78 Å². The summed E-state index contributed by atoms with van der Waals surface area (Å²) in [5, 5.41) is 0.720. The zero-order valence-corrected chi connectivity index (χ0v) is 20.2. The predicted octanol–water partition coefficient (Wildman–Crippen LogP) is 8.43. The minimum Gasteiger partial charge on any atom is -0.422 e. The van der Waals surface area contributed by atoms with Crippen LogP contribution in [0.25, 0.3) is 11.0 Å². The molecule has 0 saturated heterocycles. The molecule has 1 aromatic heterocycles. The Kier molecular flexibility index (Phi) is 12.6. The first-order valence-corrected chi connectivity index (χ1v) is 12.3. The monoisotopic (exact) mass is 446 g/mol. The van der Waals surface area contributed by atoms with Crippen LogP contribution >= 0.6 is 0 Å². The van der Waals surface area contributed by atoms with Crippen molar-refractivity contribution >= 4 is 16.8 Å². The van der Waals surface area contributed by atoms with Gasteiger partial charge in [-0.25, -0.2) is 4.79 Å². The van der Waals surface area contributed by atoms with Crippen molar-refractivity contribution in [1.82, 2.24) is 0 Å². The van der Waals surface area contributed by atoms with Gasteiger partial charge < -0.3 is 4.42 Å². The third-order valence-corrected chi connectivity index (χ3v) is 5.55. The fraction of sp³-hybridized carbons (Fsp3) is 0.400. The number of Topliss-reactive ketones (excluding diaryl/α,β-unsaturated/α-hetero) is 1. The van der Waals surface area contributed by atoms with Crippen LogP contribution in [-0.4, -0.2) is 5.78 Å². The number of carbonyl (C=O) groups excluding carboxylic acids is 1. The van der Waals surface area contributed by atoms with Crippen molar-refractivity contribution in [2.45, 2.75) is 78.1 Å². The standard InChI is InChI=1S/C30H38O3/c1-3-4-5-6-7-8-9-10-11-12-13-14-15-16-17-18-19-23-27(31)29-25(2)30(32)33-28-24-21-20-22-26(28)29/h7-8,10-11,13-14,16-17,20-22,24H,3-6,9,12,15,18-19,23H2,1-2H3/b8-7-,11-10-,14-13-,17-16-. The third kappa shape index (κ3) is 9.61. The van der Waals surface area contributed by atoms with E-state index in [2.05, 4.69) is 55.5 Å². The zero-order valence-electron chi connectivity index (χ0n) is 20.2. The smallest absolute Gasteiger partial charge is 0.339 e. The highest BCUT2D eigenvalue weighted by molar-refractivity contribution is 6.07. The van der Waals surface area contributed by atoms with Crippen LogP contribution in [0.5, 0.6) is 0 Å². The number of hydrogen-bond acceptors (Lipinski definition) is 3. The maximum absolute atomic E-state index is 12.8. The van der Waals surface area contributed by atoms with Crippen molar-refractivity contribution in [3.05, 3.63) is 94.4 Å². The molecule has 0 atom stereocenters. The molecule has 0 fully saturated rings. The average Bonchev–Trinajstić information content (AvgIpc) is 2.81. The van der Waals surface area contributed by atoms with Crippen LogP contribution in [0.3, 0.4) is 0 Å². The highest BCUT2D eigenvalue weighted by Crippen LogP contribution is 2.21. The number of hydrogen-bond donors (Lipinski definition) is 0. The summed E-state index contributed by atoms with van der Waals surface area (Å²) in [6, 6.07) is 7.23. The molecule has 33 heavy (non-hydrogen) atoms. The van der Waals surface area contributed by atoms with E-state index >= 15 is 0 Å². The fourth-order valence-electron chi connectivity index (χ4n) is 3.67. The van der Waals surface area contributed by atoms with Crippen LogP contribution in [0.15, 0.2) is 82.1 Å². The Bertz CT molecular complexity index is 1030. The van der Waals surface area contributed by atoms with Crippen LogP contribution in [0.1, 0.15) is 87.1 Å². The summed E-state index contributed by atoms with van der Waals surface area (Å²) in [5.74, 6) is 0.00693. The van der Waals surface area contributed by atoms with Crippen LogP contribution in [0.4, 0.5) is 0 Å². The molecule has 0 unspecified atom stereocenters. The molecule has 0 aliphatic heterocycles. The minimum atomic E-state index is -0.433. The van der Waals surface area contributed by atoms with Crippen molar-refractivity contribution in [2.24, 2.45) is 0 Å². The molecule has 176 valence electrons. The van der Waals surface area contributed by atoms with Crippen molar-refractivity contribution in [3.63, 3.8) is 0 Å². The normalized spacial score (nSPS) is 12.3. The lowest BCUT2D eigenvalue weighted by molar-refractivity contribution is 0.0980. The lowest BCUT2D eigenvalue weighted by Crippen LogP contribution is -2.12. The molecule has 0 bridgehead atoms. The van der Waals surface area contributed by atoms with E-state index in [1.807, 2.05) is 12.1 Å². The van der Waals surface area contributed by atoms with Gasteiger partial charge in [-0.15, -0.1) is 0 Å². The quantitative estimate of drug-likeness (QED) is 0.119. The molecular weight excluding hydrogens is 408 g/mol. The molecule has 1 aromatic carbocycles. The number of para-hydroxylation sites is 1. The van der Waals surface area contributed by atoms with Crippen LogP contribution in [-0.2, 0) is 0 Å². The van der Waals surface area contributed by atoms with Gasteiger partial charge in [-0.2, -0.15) is 0 Å². The number of rotatable bonds is 15. The second-order valence-electron chi connectivity index (χ2n) is 8.29. The van der Waals surface area contributed by atoms with Gasteiger partial charge in [-0.05, 0) is 57.9 Å². The molecule has 3 heteroatoms. The van der Waals surface area contributed by atoms with Gasteiger partial charge in [0.2, 0.25) is 0 Å². The van der Waals surface area contributed by atoms with Gasteiger partial charge >= 0.3 is 5.63 Å². The average molecular weight is 447 g/mol. The van der Waals surface area contributed by atoms with Crippen LogP contribution < -0.4 is 5.63 Å². The molecule has 0 N–H and O–H groups in total. The molecule has 3 nitrogen and oxygen atoms in total. The van der Waals surface area contributed by atoms with Crippen molar-refractivity contribution < 1.29 is 9.21 Å². The lowest BCUT2D eigenvalue weighted by Gasteiger charge is -2.07. The Labute approximate surface area is 198 Å². The number of allylic oxidation sites excluding steroid dienone is 8. The molecule has 0 aliphatic carbocycles. The van der Waals surface area contributed by atoms with Crippen molar-refractivity contribution in [2.75, 3.05) is 0 Å². The molecule has 0 radical (unpaired) electrons. The highest BCUT2D eigenvalue weighted by atomic mass is 16.4. The van der Waals surface area contributed by atoms with E-state index in [-0.39, 0.29) is 5.78 Å².